The molecule has 0 spiro atoms. The molecule has 1 heterocycles. The van der Waals surface area contributed by atoms with E-state index in [0.717, 1.165) is 5.56 Å². The number of ether oxygens (including phenoxy) is 1. The van der Waals surface area contributed by atoms with Crippen molar-refractivity contribution in [3.05, 3.63) is 46.7 Å². The molecule has 0 unspecified atom stereocenters. The topological polar surface area (TPSA) is 67.4 Å². The van der Waals surface area contributed by atoms with Gasteiger partial charge < -0.3 is 15.4 Å². The molecule has 0 aliphatic heterocycles. The number of carbonyl (C=O) groups excluding carboxylic acids is 2. The lowest BCUT2D eigenvalue weighted by molar-refractivity contribution is -0.136. The van der Waals surface area contributed by atoms with E-state index in [0.29, 0.717) is 18.0 Å². The highest BCUT2D eigenvalue weighted by Crippen LogP contribution is 2.14. The first-order valence-electron chi connectivity index (χ1n) is 5.93. The van der Waals surface area contributed by atoms with E-state index >= 15 is 0 Å². The Hall–Kier alpha value is -2.34. The van der Waals surface area contributed by atoms with Gasteiger partial charge in [-0.05, 0) is 46.7 Å². The minimum atomic E-state index is -0.689. The van der Waals surface area contributed by atoms with Gasteiger partial charge >= 0.3 is 11.8 Å². The Bertz CT molecular complexity index is 579. The molecule has 2 N–H and O–H groups in total. The van der Waals surface area contributed by atoms with Crippen molar-refractivity contribution in [3.8, 4) is 5.75 Å². The zero-order valence-electron chi connectivity index (χ0n) is 10.9. The summed E-state index contributed by atoms with van der Waals surface area (Å²) in [4.78, 5) is 23.3. The van der Waals surface area contributed by atoms with Crippen LogP contribution in [0.25, 0.3) is 0 Å². The van der Waals surface area contributed by atoms with E-state index in [2.05, 4.69) is 10.6 Å². The van der Waals surface area contributed by atoms with Gasteiger partial charge in [0.2, 0.25) is 0 Å². The van der Waals surface area contributed by atoms with E-state index < -0.39 is 11.8 Å². The molecule has 0 aliphatic carbocycles. The van der Waals surface area contributed by atoms with Crippen LogP contribution in [0.3, 0.4) is 0 Å². The van der Waals surface area contributed by atoms with Crippen LogP contribution in [0.5, 0.6) is 5.75 Å². The van der Waals surface area contributed by atoms with Gasteiger partial charge in [-0.1, -0.05) is 0 Å². The normalized spacial score (nSPS) is 9.85. The Morgan fingerprint density at radius 3 is 2.50 bits per heavy atom. The molecule has 6 heteroatoms. The molecule has 0 radical (unpaired) electrons. The number of anilines is 1. The smallest absolute Gasteiger partial charge is 0.313 e. The molecule has 0 saturated carbocycles. The van der Waals surface area contributed by atoms with Gasteiger partial charge in [-0.2, -0.15) is 11.3 Å². The van der Waals surface area contributed by atoms with Crippen LogP contribution >= 0.6 is 11.3 Å². The summed E-state index contributed by atoms with van der Waals surface area (Å²) in [6.45, 7) is 0.346. The van der Waals surface area contributed by atoms with Crippen molar-refractivity contribution in [2.45, 2.75) is 6.54 Å². The number of nitrogens with one attached hydrogen (secondary N) is 2. The van der Waals surface area contributed by atoms with Gasteiger partial charge in [0.05, 0.1) is 7.11 Å². The second-order valence-electron chi connectivity index (χ2n) is 4.00. The van der Waals surface area contributed by atoms with Crippen molar-refractivity contribution in [2.24, 2.45) is 0 Å². The van der Waals surface area contributed by atoms with Gasteiger partial charge in [0.25, 0.3) is 0 Å². The molecule has 2 rings (SSSR count). The summed E-state index contributed by atoms with van der Waals surface area (Å²) in [5.74, 6) is -0.665. The lowest BCUT2D eigenvalue weighted by Crippen LogP contribution is -2.34. The Kier molecular flexibility index (Phi) is 4.73. The zero-order valence-corrected chi connectivity index (χ0v) is 11.7. The van der Waals surface area contributed by atoms with Crippen molar-refractivity contribution in [1.82, 2.24) is 5.32 Å². The van der Waals surface area contributed by atoms with E-state index in [9.17, 15) is 9.59 Å². The van der Waals surface area contributed by atoms with E-state index in [1.807, 2.05) is 16.8 Å². The van der Waals surface area contributed by atoms with Crippen LogP contribution in [0.15, 0.2) is 41.1 Å². The fourth-order valence-corrected chi connectivity index (χ4v) is 2.19. The first-order chi connectivity index (χ1) is 9.69. The maximum Gasteiger partial charge on any atom is 0.313 e. The summed E-state index contributed by atoms with van der Waals surface area (Å²) >= 11 is 1.54. The predicted octanol–water partition coefficient (Wildman–Crippen LogP) is 2.01. The van der Waals surface area contributed by atoms with Gasteiger partial charge in [-0.15, -0.1) is 0 Å². The van der Waals surface area contributed by atoms with E-state index in [-0.39, 0.29) is 0 Å². The van der Waals surface area contributed by atoms with Crippen LogP contribution in [-0.2, 0) is 16.1 Å². The molecule has 20 heavy (non-hydrogen) atoms. The fourth-order valence-electron chi connectivity index (χ4n) is 1.52. The third-order valence-electron chi connectivity index (χ3n) is 2.59. The van der Waals surface area contributed by atoms with Crippen molar-refractivity contribution >= 4 is 28.8 Å². The summed E-state index contributed by atoms with van der Waals surface area (Å²) in [6, 6.07) is 8.65. The molecule has 2 amide bonds. The van der Waals surface area contributed by atoms with Crippen LogP contribution in [0.1, 0.15) is 5.56 Å². The number of hydrogen-bond donors (Lipinski definition) is 2. The van der Waals surface area contributed by atoms with Crippen LogP contribution in [0, 0.1) is 0 Å². The third-order valence-corrected chi connectivity index (χ3v) is 3.32. The van der Waals surface area contributed by atoms with Crippen molar-refractivity contribution in [2.75, 3.05) is 12.4 Å². The third kappa shape index (κ3) is 3.83. The molecule has 0 saturated heterocycles. The van der Waals surface area contributed by atoms with Crippen LogP contribution in [0.4, 0.5) is 5.69 Å². The highest BCUT2D eigenvalue weighted by Gasteiger charge is 2.13. The maximum atomic E-state index is 11.7. The number of thiophene rings is 1. The largest absolute Gasteiger partial charge is 0.497 e. The van der Waals surface area contributed by atoms with Crippen molar-refractivity contribution in [1.29, 1.82) is 0 Å². The second-order valence-corrected chi connectivity index (χ2v) is 4.78. The summed E-state index contributed by atoms with van der Waals surface area (Å²) in [6.07, 6.45) is 0. The Labute approximate surface area is 120 Å². The van der Waals surface area contributed by atoms with E-state index in [1.54, 1.807) is 42.7 Å². The standard InChI is InChI=1S/C14H14N2O3S/c1-19-12-4-2-11(3-5-12)16-14(18)13(17)15-8-10-6-7-20-9-10/h2-7,9H,8H2,1H3,(H,15,17)(H,16,18). The van der Waals surface area contributed by atoms with Gasteiger partial charge in [0.15, 0.2) is 0 Å². The number of carbonyl (C=O) groups is 2. The van der Waals surface area contributed by atoms with Gasteiger partial charge in [0, 0.05) is 12.2 Å². The second kappa shape index (κ2) is 6.72. The molecule has 0 fully saturated rings. The maximum absolute atomic E-state index is 11.7. The number of hydrogen-bond acceptors (Lipinski definition) is 4. The van der Waals surface area contributed by atoms with Gasteiger partial charge in [-0.25, -0.2) is 0 Å². The van der Waals surface area contributed by atoms with Crippen LogP contribution in [-0.4, -0.2) is 18.9 Å². The van der Waals surface area contributed by atoms with E-state index in [1.165, 1.54) is 0 Å². The number of rotatable bonds is 4. The average Bonchev–Trinajstić information content (AvgIpc) is 2.98. The van der Waals surface area contributed by atoms with Crippen LogP contribution in [0.2, 0.25) is 0 Å². The SMILES string of the molecule is COc1ccc(NC(=O)C(=O)NCc2ccsc2)cc1. The summed E-state index contributed by atoms with van der Waals surface area (Å²) in [7, 11) is 1.56. The Balaban J connectivity index is 1.85. The first kappa shape index (κ1) is 14.1. The van der Waals surface area contributed by atoms with Crippen LogP contribution < -0.4 is 15.4 Å². The molecule has 1 aromatic heterocycles. The molecule has 104 valence electrons. The van der Waals surface area contributed by atoms with Gasteiger partial charge in [0.1, 0.15) is 5.75 Å². The minimum absolute atomic E-state index is 0.346. The predicted molar refractivity (Wildman–Crippen MR) is 77.8 cm³/mol. The summed E-state index contributed by atoms with van der Waals surface area (Å²) in [5.41, 5.74) is 1.52. The highest BCUT2D eigenvalue weighted by molar-refractivity contribution is 7.07. The first-order valence-corrected chi connectivity index (χ1v) is 6.87. The molecular weight excluding hydrogens is 276 g/mol. The average molecular weight is 290 g/mol. The highest BCUT2D eigenvalue weighted by atomic mass is 32.1. The molecule has 2 aromatic rings. The summed E-state index contributed by atoms with van der Waals surface area (Å²) < 4.78 is 5.01. The lowest BCUT2D eigenvalue weighted by Gasteiger charge is -2.06. The number of benzene rings is 1. The molecule has 1 aromatic carbocycles. The van der Waals surface area contributed by atoms with Gasteiger partial charge in [-0.3, -0.25) is 9.59 Å². The monoisotopic (exact) mass is 290 g/mol. The van der Waals surface area contributed by atoms with Crippen molar-refractivity contribution < 1.29 is 14.3 Å². The Morgan fingerprint density at radius 1 is 1.15 bits per heavy atom. The quantitative estimate of drug-likeness (QED) is 0.846. The fraction of sp³-hybridized carbons (Fsp3) is 0.143. The van der Waals surface area contributed by atoms with E-state index in [4.69, 9.17) is 4.74 Å². The lowest BCUT2D eigenvalue weighted by atomic mass is 10.3. The molecule has 0 bridgehead atoms. The number of amides is 2. The molecular formula is C14H14N2O3S. The summed E-state index contributed by atoms with van der Waals surface area (Å²) in [5, 5.41) is 8.91. The minimum Gasteiger partial charge on any atom is -0.497 e. The molecule has 5 nitrogen and oxygen atoms in total. The number of methoxy groups -OCH3 is 1. The molecule has 0 aliphatic rings. The zero-order chi connectivity index (χ0) is 14.4. The van der Waals surface area contributed by atoms with Crippen molar-refractivity contribution in [3.63, 3.8) is 0 Å². The molecule has 0 atom stereocenters. The Morgan fingerprint density at radius 2 is 1.90 bits per heavy atom.